The second-order valence-corrected chi connectivity index (χ2v) is 5.35. The van der Waals surface area contributed by atoms with Gasteiger partial charge in [0.1, 0.15) is 5.60 Å². The summed E-state index contributed by atoms with van der Waals surface area (Å²) in [7, 11) is 1.21. The Labute approximate surface area is 107 Å². The van der Waals surface area contributed by atoms with E-state index in [2.05, 4.69) is 4.74 Å². The summed E-state index contributed by atoms with van der Waals surface area (Å²) in [4.78, 5) is 24.6. The number of rotatable bonds is 2. The Morgan fingerprint density at radius 3 is 2.50 bits per heavy atom. The predicted octanol–water partition coefficient (Wildman–Crippen LogP) is 0.920. The quantitative estimate of drug-likeness (QED) is 0.746. The van der Waals surface area contributed by atoms with Crippen molar-refractivity contribution in [1.29, 1.82) is 0 Å². The van der Waals surface area contributed by atoms with Gasteiger partial charge < -0.3 is 19.5 Å². The van der Waals surface area contributed by atoms with E-state index in [1.807, 2.05) is 0 Å². The molecule has 104 valence electrons. The Morgan fingerprint density at radius 1 is 1.39 bits per heavy atom. The van der Waals surface area contributed by atoms with Crippen LogP contribution in [0.25, 0.3) is 0 Å². The maximum absolute atomic E-state index is 11.9. The molecule has 2 unspecified atom stereocenters. The van der Waals surface area contributed by atoms with Gasteiger partial charge in [-0.25, -0.2) is 9.59 Å². The molecule has 1 heterocycles. The van der Waals surface area contributed by atoms with E-state index in [9.17, 15) is 14.7 Å². The molecular weight excluding hydrogens is 238 g/mol. The third-order valence-electron chi connectivity index (χ3n) is 2.73. The molecule has 1 amide bonds. The average Bonchev–Trinajstić information content (AvgIpc) is 2.73. The maximum atomic E-state index is 11.9. The van der Waals surface area contributed by atoms with E-state index in [0.29, 0.717) is 13.0 Å². The summed E-state index contributed by atoms with van der Waals surface area (Å²) in [5.74, 6) is -0.726. The van der Waals surface area contributed by atoms with Crippen molar-refractivity contribution in [3.63, 3.8) is 0 Å². The second kappa shape index (κ2) is 5.56. The molecular formula is C12H21NO5. The first-order valence-corrected chi connectivity index (χ1v) is 6.02. The van der Waals surface area contributed by atoms with Crippen LogP contribution >= 0.6 is 0 Å². The second-order valence-electron chi connectivity index (χ2n) is 5.35. The predicted molar refractivity (Wildman–Crippen MR) is 64.0 cm³/mol. The number of likely N-dealkylation sites (tertiary alicyclic amines) is 1. The third-order valence-corrected chi connectivity index (χ3v) is 2.73. The van der Waals surface area contributed by atoms with Crippen molar-refractivity contribution in [3.8, 4) is 0 Å². The van der Waals surface area contributed by atoms with Crippen LogP contribution in [-0.4, -0.2) is 53.5 Å². The third kappa shape index (κ3) is 3.60. The first kappa shape index (κ1) is 14.8. The van der Waals surface area contributed by atoms with Crippen molar-refractivity contribution in [2.24, 2.45) is 0 Å². The number of amides is 1. The fraction of sp³-hybridized carbons (Fsp3) is 0.833. The first-order chi connectivity index (χ1) is 8.26. The van der Waals surface area contributed by atoms with E-state index >= 15 is 0 Å². The highest BCUT2D eigenvalue weighted by Crippen LogP contribution is 2.23. The highest BCUT2D eigenvalue weighted by molar-refractivity contribution is 5.77. The Kier molecular flexibility index (Phi) is 4.56. The Morgan fingerprint density at radius 2 is 2.00 bits per heavy atom. The minimum atomic E-state index is -1.31. The van der Waals surface area contributed by atoms with Gasteiger partial charge >= 0.3 is 12.1 Å². The van der Waals surface area contributed by atoms with Crippen LogP contribution in [0.4, 0.5) is 4.79 Å². The van der Waals surface area contributed by atoms with Crippen molar-refractivity contribution < 1.29 is 24.2 Å². The van der Waals surface area contributed by atoms with E-state index in [-0.39, 0.29) is 0 Å². The molecule has 6 heteroatoms. The zero-order valence-corrected chi connectivity index (χ0v) is 11.3. The molecule has 0 aliphatic carbocycles. The minimum Gasteiger partial charge on any atom is -0.467 e. The van der Waals surface area contributed by atoms with Crippen LogP contribution in [0.2, 0.25) is 0 Å². The fourth-order valence-corrected chi connectivity index (χ4v) is 1.95. The highest BCUT2D eigenvalue weighted by Gasteiger charge is 2.39. The lowest BCUT2D eigenvalue weighted by Gasteiger charge is -2.30. The van der Waals surface area contributed by atoms with E-state index in [0.717, 1.165) is 6.42 Å². The van der Waals surface area contributed by atoms with Crippen molar-refractivity contribution in [1.82, 2.24) is 4.90 Å². The van der Waals surface area contributed by atoms with E-state index in [4.69, 9.17) is 4.74 Å². The molecule has 2 atom stereocenters. The summed E-state index contributed by atoms with van der Waals surface area (Å²) in [6, 6.07) is -0.563. The molecule has 0 saturated carbocycles. The Hall–Kier alpha value is -1.30. The molecule has 1 N–H and O–H groups in total. The summed E-state index contributed by atoms with van der Waals surface area (Å²) in [5.41, 5.74) is -0.597. The lowest BCUT2D eigenvalue weighted by atomic mass is 10.1. The standard InChI is InChI=1S/C12H21NO5/c1-12(2,3)18-11(16)13-7-5-6-8(13)9(14)10(15)17-4/h8-9,14H,5-7H2,1-4H3. The number of aliphatic hydroxyl groups is 1. The molecule has 1 fully saturated rings. The number of carbonyl (C=O) groups is 2. The maximum Gasteiger partial charge on any atom is 0.410 e. The molecule has 18 heavy (non-hydrogen) atoms. The summed E-state index contributed by atoms with van der Waals surface area (Å²) < 4.78 is 9.72. The number of ether oxygens (including phenoxy) is 2. The molecule has 0 aromatic carbocycles. The summed E-state index contributed by atoms with van der Waals surface area (Å²) in [6.07, 6.45) is -0.522. The van der Waals surface area contributed by atoms with Crippen LogP contribution in [-0.2, 0) is 14.3 Å². The topological polar surface area (TPSA) is 76.1 Å². The number of aliphatic hydroxyl groups excluding tert-OH is 1. The van der Waals surface area contributed by atoms with Gasteiger partial charge in [-0.3, -0.25) is 0 Å². The van der Waals surface area contributed by atoms with Crippen LogP contribution < -0.4 is 0 Å². The minimum absolute atomic E-state index is 0.480. The normalized spacial score (nSPS) is 21.6. The molecule has 6 nitrogen and oxygen atoms in total. The molecule has 1 aliphatic rings. The zero-order valence-electron chi connectivity index (χ0n) is 11.3. The molecule has 1 aliphatic heterocycles. The largest absolute Gasteiger partial charge is 0.467 e. The van der Waals surface area contributed by atoms with Crippen LogP contribution in [0.3, 0.4) is 0 Å². The van der Waals surface area contributed by atoms with Gasteiger partial charge in [0.2, 0.25) is 0 Å². The van der Waals surface area contributed by atoms with E-state index in [1.54, 1.807) is 20.8 Å². The van der Waals surface area contributed by atoms with Gasteiger partial charge in [0, 0.05) is 6.54 Å². The van der Waals surface area contributed by atoms with E-state index < -0.39 is 29.8 Å². The van der Waals surface area contributed by atoms with Gasteiger partial charge in [-0.1, -0.05) is 0 Å². The highest BCUT2D eigenvalue weighted by atomic mass is 16.6. The number of esters is 1. The van der Waals surface area contributed by atoms with Gasteiger partial charge in [0.25, 0.3) is 0 Å². The van der Waals surface area contributed by atoms with E-state index in [1.165, 1.54) is 12.0 Å². The molecule has 0 radical (unpaired) electrons. The Bertz CT molecular complexity index is 323. The van der Waals surface area contributed by atoms with Gasteiger partial charge in [-0.15, -0.1) is 0 Å². The van der Waals surface area contributed by atoms with Crippen LogP contribution in [0.15, 0.2) is 0 Å². The lowest BCUT2D eigenvalue weighted by Crippen LogP contribution is -2.48. The number of nitrogens with zero attached hydrogens (tertiary/aromatic N) is 1. The van der Waals surface area contributed by atoms with Gasteiger partial charge in [0.15, 0.2) is 6.10 Å². The van der Waals surface area contributed by atoms with Gasteiger partial charge in [0.05, 0.1) is 13.2 Å². The van der Waals surface area contributed by atoms with Gasteiger partial charge in [-0.2, -0.15) is 0 Å². The number of methoxy groups -OCH3 is 1. The SMILES string of the molecule is COC(=O)C(O)C1CCCN1C(=O)OC(C)(C)C. The van der Waals surface area contributed by atoms with Crippen LogP contribution in [0.5, 0.6) is 0 Å². The number of hydrogen-bond donors (Lipinski definition) is 1. The van der Waals surface area contributed by atoms with Crippen molar-refractivity contribution >= 4 is 12.1 Å². The molecule has 0 bridgehead atoms. The Balaban J connectivity index is 2.70. The summed E-state index contributed by atoms with van der Waals surface area (Å²) in [5, 5.41) is 9.81. The number of carbonyl (C=O) groups excluding carboxylic acids is 2. The summed E-state index contributed by atoms with van der Waals surface area (Å²) in [6.45, 7) is 5.79. The van der Waals surface area contributed by atoms with Crippen molar-refractivity contribution in [2.45, 2.75) is 51.4 Å². The zero-order chi connectivity index (χ0) is 13.9. The van der Waals surface area contributed by atoms with Gasteiger partial charge in [-0.05, 0) is 33.6 Å². The van der Waals surface area contributed by atoms with Crippen LogP contribution in [0.1, 0.15) is 33.6 Å². The lowest BCUT2D eigenvalue weighted by molar-refractivity contribution is -0.153. The fourth-order valence-electron chi connectivity index (χ4n) is 1.95. The molecule has 0 aromatic rings. The summed E-state index contributed by atoms with van der Waals surface area (Å²) >= 11 is 0. The van der Waals surface area contributed by atoms with Crippen molar-refractivity contribution in [2.75, 3.05) is 13.7 Å². The monoisotopic (exact) mass is 259 g/mol. The average molecular weight is 259 g/mol. The smallest absolute Gasteiger partial charge is 0.410 e. The van der Waals surface area contributed by atoms with Crippen LogP contribution in [0, 0.1) is 0 Å². The van der Waals surface area contributed by atoms with Crippen molar-refractivity contribution in [3.05, 3.63) is 0 Å². The molecule has 1 rings (SSSR count). The number of hydrogen-bond acceptors (Lipinski definition) is 5. The molecule has 0 spiro atoms. The first-order valence-electron chi connectivity index (χ1n) is 6.02. The molecule has 0 aromatic heterocycles. The molecule has 1 saturated heterocycles.